The SMILES string of the molecule is Cc1c(N(C)S(=O)(=O)c2ccc(Cl)c(C(=O)Nc3ccc(S(=O)(=O)Nc4ccccc4Cl)cc3)c2)c(=O)n(-c2ccccc2)n1C. The van der Waals surface area contributed by atoms with Gasteiger partial charge in [-0.1, -0.05) is 53.5 Å². The van der Waals surface area contributed by atoms with E-state index in [1.54, 1.807) is 67.2 Å². The molecule has 4 aromatic carbocycles. The lowest BCUT2D eigenvalue weighted by molar-refractivity contribution is 0.102. The van der Waals surface area contributed by atoms with E-state index in [2.05, 4.69) is 10.0 Å². The third kappa shape index (κ3) is 6.27. The highest BCUT2D eigenvalue weighted by Crippen LogP contribution is 2.28. The van der Waals surface area contributed by atoms with Crippen molar-refractivity contribution in [2.45, 2.75) is 16.7 Å². The number of nitrogens with zero attached hydrogens (tertiary/aromatic N) is 3. The van der Waals surface area contributed by atoms with Crippen molar-refractivity contribution in [3.8, 4) is 5.69 Å². The van der Waals surface area contributed by atoms with Gasteiger partial charge in [-0.2, -0.15) is 0 Å². The molecule has 5 rings (SSSR count). The standard InChI is InChI=1S/C31H27Cl2N5O6S2/c1-20-29(31(40)38(36(20)2)22-9-5-4-6-10-22)37(3)46(43,44)24-17-18-26(32)25(19-24)30(39)34-21-13-15-23(16-14-21)45(41,42)35-28-12-8-7-11-27(28)33/h4-19,35H,1-3H3,(H,34,39). The Balaban J connectivity index is 1.39. The van der Waals surface area contributed by atoms with Crippen LogP contribution in [0.1, 0.15) is 16.1 Å². The van der Waals surface area contributed by atoms with Crippen LogP contribution in [0, 0.1) is 6.92 Å². The van der Waals surface area contributed by atoms with E-state index in [0.717, 1.165) is 10.4 Å². The van der Waals surface area contributed by atoms with Crippen molar-refractivity contribution in [1.82, 2.24) is 9.36 Å². The first-order chi connectivity index (χ1) is 21.7. The highest BCUT2D eigenvalue weighted by Gasteiger charge is 2.30. The molecule has 1 aromatic heterocycles. The number of rotatable bonds is 9. The first-order valence-corrected chi connectivity index (χ1v) is 17.2. The molecule has 1 amide bonds. The summed E-state index contributed by atoms with van der Waals surface area (Å²) in [4.78, 5) is 26.3. The van der Waals surface area contributed by atoms with Gasteiger partial charge in [0.05, 0.1) is 42.5 Å². The fraction of sp³-hybridized carbons (Fsp3) is 0.0968. The maximum absolute atomic E-state index is 13.7. The molecule has 0 aliphatic rings. The zero-order valence-corrected chi connectivity index (χ0v) is 27.7. The Morgan fingerprint density at radius 1 is 0.804 bits per heavy atom. The first kappa shape index (κ1) is 32.8. The van der Waals surface area contributed by atoms with Crippen LogP contribution in [0.25, 0.3) is 5.69 Å². The Morgan fingerprint density at radius 2 is 1.41 bits per heavy atom. The van der Waals surface area contributed by atoms with Gasteiger partial charge in [0, 0.05) is 19.8 Å². The number of halogens is 2. The number of amides is 1. The molecule has 0 spiro atoms. The van der Waals surface area contributed by atoms with Gasteiger partial charge in [-0.3, -0.25) is 23.3 Å². The second kappa shape index (κ2) is 12.7. The number of sulfonamides is 2. The summed E-state index contributed by atoms with van der Waals surface area (Å²) in [6, 6.07) is 24.1. The molecule has 0 saturated carbocycles. The first-order valence-electron chi connectivity index (χ1n) is 13.5. The maximum atomic E-state index is 13.7. The fourth-order valence-electron chi connectivity index (χ4n) is 4.70. The molecule has 0 radical (unpaired) electrons. The zero-order chi connectivity index (χ0) is 33.4. The van der Waals surface area contributed by atoms with Crippen molar-refractivity contribution in [2.75, 3.05) is 21.4 Å². The molecular formula is C31H27Cl2N5O6S2. The summed E-state index contributed by atoms with van der Waals surface area (Å²) in [6.45, 7) is 1.63. The van der Waals surface area contributed by atoms with E-state index >= 15 is 0 Å². The molecule has 2 N–H and O–H groups in total. The Bertz CT molecular complexity index is 2240. The number of carbonyl (C=O) groups excluding carboxylic acids is 1. The van der Waals surface area contributed by atoms with Crippen LogP contribution in [0.2, 0.25) is 10.0 Å². The number of hydrogen-bond donors (Lipinski definition) is 2. The molecule has 0 fully saturated rings. The van der Waals surface area contributed by atoms with Crippen LogP contribution >= 0.6 is 23.2 Å². The molecule has 1 heterocycles. The molecule has 0 bridgehead atoms. The Hall–Kier alpha value is -4.56. The van der Waals surface area contributed by atoms with E-state index in [1.165, 1.54) is 54.2 Å². The van der Waals surface area contributed by atoms with Gasteiger partial charge >= 0.3 is 0 Å². The lowest BCUT2D eigenvalue weighted by atomic mass is 10.2. The molecule has 238 valence electrons. The average molecular weight is 701 g/mol. The lowest BCUT2D eigenvalue weighted by Crippen LogP contribution is -2.32. The minimum absolute atomic E-state index is 0.0236. The highest BCUT2D eigenvalue weighted by atomic mass is 35.5. The summed E-state index contributed by atoms with van der Waals surface area (Å²) >= 11 is 12.4. The van der Waals surface area contributed by atoms with Crippen molar-refractivity contribution >= 4 is 66.2 Å². The van der Waals surface area contributed by atoms with Gasteiger partial charge in [0.2, 0.25) is 0 Å². The Labute approximate surface area is 275 Å². The monoisotopic (exact) mass is 699 g/mol. The van der Waals surface area contributed by atoms with Gasteiger partial charge in [0.15, 0.2) is 0 Å². The van der Waals surface area contributed by atoms with E-state index < -0.39 is 31.5 Å². The van der Waals surface area contributed by atoms with Crippen molar-refractivity contribution in [1.29, 1.82) is 0 Å². The Kier molecular flexibility index (Phi) is 9.05. The molecule has 0 aliphatic carbocycles. The highest BCUT2D eigenvalue weighted by molar-refractivity contribution is 7.93. The lowest BCUT2D eigenvalue weighted by Gasteiger charge is -2.19. The predicted molar refractivity (Wildman–Crippen MR) is 179 cm³/mol. The van der Waals surface area contributed by atoms with Crippen LogP contribution in [0.5, 0.6) is 0 Å². The van der Waals surface area contributed by atoms with Crippen molar-refractivity contribution in [3.63, 3.8) is 0 Å². The fourth-order valence-corrected chi connectivity index (χ4v) is 7.49. The molecule has 11 nitrogen and oxygen atoms in total. The summed E-state index contributed by atoms with van der Waals surface area (Å²) < 4.78 is 59.3. The van der Waals surface area contributed by atoms with Gasteiger partial charge in [0.25, 0.3) is 31.5 Å². The molecule has 5 aromatic rings. The number of carbonyl (C=O) groups is 1. The van der Waals surface area contributed by atoms with Gasteiger partial charge in [-0.05, 0) is 73.7 Å². The van der Waals surface area contributed by atoms with Crippen LogP contribution in [-0.4, -0.2) is 39.2 Å². The second-order valence-corrected chi connectivity index (χ2v) is 14.6. The van der Waals surface area contributed by atoms with Crippen molar-refractivity contribution < 1.29 is 21.6 Å². The van der Waals surface area contributed by atoms with Gasteiger partial charge < -0.3 is 5.32 Å². The van der Waals surface area contributed by atoms with Gasteiger partial charge in [-0.15, -0.1) is 0 Å². The van der Waals surface area contributed by atoms with E-state index in [1.807, 2.05) is 0 Å². The maximum Gasteiger partial charge on any atom is 0.296 e. The number of anilines is 3. The van der Waals surface area contributed by atoms with Crippen LogP contribution in [0.15, 0.2) is 112 Å². The second-order valence-electron chi connectivity index (χ2n) is 10.1. The van der Waals surface area contributed by atoms with Crippen LogP contribution in [0.4, 0.5) is 17.1 Å². The molecular weight excluding hydrogens is 673 g/mol. The zero-order valence-electron chi connectivity index (χ0n) is 24.6. The van der Waals surface area contributed by atoms with Crippen LogP contribution in [0.3, 0.4) is 0 Å². The smallest absolute Gasteiger partial charge is 0.296 e. The van der Waals surface area contributed by atoms with E-state index in [4.69, 9.17) is 23.2 Å². The van der Waals surface area contributed by atoms with E-state index in [0.29, 0.717) is 11.4 Å². The summed E-state index contributed by atoms with van der Waals surface area (Å²) in [5.41, 5.74) is 0.635. The van der Waals surface area contributed by atoms with Gasteiger partial charge in [0.1, 0.15) is 5.69 Å². The van der Waals surface area contributed by atoms with Crippen LogP contribution < -0.4 is 19.9 Å². The summed E-state index contributed by atoms with van der Waals surface area (Å²) in [5.74, 6) is -0.739. The molecule has 15 heteroatoms. The third-order valence-corrected chi connectivity index (χ3v) is 11.0. The topological polar surface area (TPSA) is 140 Å². The minimum Gasteiger partial charge on any atom is -0.322 e. The average Bonchev–Trinajstić information content (AvgIpc) is 3.25. The van der Waals surface area contributed by atoms with Crippen molar-refractivity contribution in [2.24, 2.45) is 7.05 Å². The third-order valence-electron chi connectivity index (χ3n) is 7.22. The van der Waals surface area contributed by atoms with E-state index in [-0.39, 0.29) is 42.5 Å². The minimum atomic E-state index is -4.33. The quantitative estimate of drug-likeness (QED) is 0.203. The predicted octanol–water partition coefficient (Wildman–Crippen LogP) is 5.67. The van der Waals surface area contributed by atoms with Crippen molar-refractivity contribution in [3.05, 3.63) is 129 Å². The summed E-state index contributed by atoms with van der Waals surface area (Å²) in [5, 5.41) is 2.80. The molecule has 0 aliphatic heterocycles. The number of hydrogen-bond acceptors (Lipinski definition) is 6. The summed E-state index contributed by atoms with van der Waals surface area (Å²) in [7, 11) is -5.40. The number of nitrogens with one attached hydrogen (secondary N) is 2. The molecule has 0 saturated heterocycles. The van der Waals surface area contributed by atoms with E-state index in [9.17, 15) is 26.4 Å². The molecule has 0 atom stereocenters. The molecule has 0 unspecified atom stereocenters. The Morgan fingerprint density at radius 3 is 2.07 bits per heavy atom. The molecule has 46 heavy (non-hydrogen) atoms. The number of aromatic nitrogens is 2. The largest absolute Gasteiger partial charge is 0.322 e. The summed E-state index contributed by atoms with van der Waals surface area (Å²) in [6.07, 6.45) is 0. The normalized spacial score (nSPS) is 11.7. The number of para-hydroxylation sites is 2. The van der Waals surface area contributed by atoms with Gasteiger partial charge in [-0.25, -0.2) is 21.5 Å². The van der Waals surface area contributed by atoms with Crippen LogP contribution in [-0.2, 0) is 27.1 Å². The number of benzene rings is 4.